The molecule has 1 rings (SSSR count). The van der Waals surface area contributed by atoms with Gasteiger partial charge in [-0.1, -0.05) is 13.8 Å². The number of carbonyl (C=O) groups is 1. The number of aliphatic imine (C=N–C) groups is 1. The number of hydrogen-bond acceptors (Lipinski definition) is 3. The molecule has 0 unspecified atom stereocenters. The summed E-state index contributed by atoms with van der Waals surface area (Å²) in [6, 6.07) is -0.118. The maximum absolute atomic E-state index is 11.0. The summed E-state index contributed by atoms with van der Waals surface area (Å²) < 4.78 is 0. The van der Waals surface area contributed by atoms with Gasteiger partial charge in [-0.05, 0) is 6.92 Å². The van der Waals surface area contributed by atoms with Crippen molar-refractivity contribution in [1.29, 1.82) is 0 Å². The molecule has 0 fully saturated rings. The maximum Gasteiger partial charge on any atom is 0.156 e. The monoisotopic (exact) mass is 168 g/mol. The molecule has 3 nitrogen and oxygen atoms in total. The predicted molar refractivity (Wildman–Crippen MR) is 49.4 cm³/mol. The molecule has 0 aromatic rings. The Morgan fingerprint density at radius 3 is 2.50 bits per heavy atom. The van der Waals surface area contributed by atoms with E-state index in [1.54, 1.807) is 6.92 Å². The van der Waals surface area contributed by atoms with Gasteiger partial charge in [0.25, 0.3) is 0 Å². The average Bonchev–Trinajstić information content (AvgIpc) is 2.30. The lowest BCUT2D eigenvalue weighted by Crippen LogP contribution is -2.29. The number of carbonyl (C=O) groups excluding carboxylic acids is 1. The van der Waals surface area contributed by atoms with Crippen molar-refractivity contribution >= 4 is 11.6 Å². The molecule has 12 heavy (non-hydrogen) atoms. The molecule has 1 atom stereocenters. The van der Waals surface area contributed by atoms with E-state index in [0.29, 0.717) is 5.92 Å². The number of likely N-dealkylation sites (N-methyl/N-ethyl adjacent to an activating group) is 1. The van der Waals surface area contributed by atoms with Gasteiger partial charge < -0.3 is 4.90 Å². The second kappa shape index (κ2) is 3.25. The van der Waals surface area contributed by atoms with Crippen molar-refractivity contribution in [2.45, 2.75) is 26.8 Å². The lowest BCUT2D eigenvalue weighted by atomic mass is 10.2. The molecular formula is C9H16N2O. The summed E-state index contributed by atoms with van der Waals surface area (Å²) in [5.41, 5.74) is 0. The van der Waals surface area contributed by atoms with Crippen molar-refractivity contribution in [3.8, 4) is 0 Å². The summed E-state index contributed by atoms with van der Waals surface area (Å²) in [6.07, 6.45) is 0. The van der Waals surface area contributed by atoms with Crippen LogP contribution < -0.4 is 0 Å². The lowest BCUT2D eigenvalue weighted by Gasteiger charge is -2.16. The van der Waals surface area contributed by atoms with Crippen LogP contribution in [-0.4, -0.2) is 36.2 Å². The smallest absolute Gasteiger partial charge is 0.156 e. The Morgan fingerprint density at radius 1 is 1.67 bits per heavy atom. The highest BCUT2D eigenvalue weighted by Gasteiger charge is 2.26. The van der Waals surface area contributed by atoms with Crippen LogP contribution in [0.2, 0.25) is 0 Å². The zero-order valence-electron chi connectivity index (χ0n) is 8.16. The van der Waals surface area contributed by atoms with Crippen molar-refractivity contribution in [2.24, 2.45) is 10.9 Å². The normalized spacial score (nSPS) is 23.2. The van der Waals surface area contributed by atoms with Crippen molar-refractivity contribution in [3.05, 3.63) is 0 Å². The molecule has 0 radical (unpaired) electrons. The summed E-state index contributed by atoms with van der Waals surface area (Å²) in [6.45, 7) is 6.55. The summed E-state index contributed by atoms with van der Waals surface area (Å²) in [5.74, 6) is 1.63. The minimum absolute atomic E-state index is 0.118. The first-order chi connectivity index (χ1) is 5.52. The molecule has 68 valence electrons. The first-order valence-corrected chi connectivity index (χ1v) is 4.31. The van der Waals surface area contributed by atoms with E-state index < -0.39 is 0 Å². The quantitative estimate of drug-likeness (QED) is 0.615. The summed E-state index contributed by atoms with van der Waals surface area (Å²) in [4.78, 5) is 17.5. The number of ketones is 1. The summed E-state index contributed by atoms with van der Waals surface area (Å²) in [5, 5.41) is 0. The Kier molecular flexibility index (Phi) is 2.50. The second-order valence-corrected chi connectivity index (χ2v) is 3.65. The number of nitrogens with zero attached hydrogens (tertiary/aromatic N) is 2. The Morgan fingerprint density at radius 2 is 2.25 bits per heavy atom. The van der Waals surface area contributed by atoms with Crippen molar-refractivity contribution in [3.63, 3.8) is 0 Å². The van der Waals surface area contributed by atoms with Crippen LogP contribution in [0.3, 0.4) is 0 Å². The van der Waals surface area contributed by atoms with Crippen LogP contribution in [0, 0.1) is 5.92 Å². The number of amidine groups is 1. The van der Waals surface area contributed by atoms with Crippen molar-refractivity contribution < 1.29 is 4.79 Å². The minimum atomic E-state index is -0.118. The summed E-state index contributed by atoms with van der Waals surface area (Å²) in [7, 11) is 1.99. The third kappa shape index (κ3) is 1.65. The van der Waals surface area contributed by atoms with Crippen LogP contribution in [0.25, 0.3) is 0 Å². The lowest BCUT2D eigenvalue weighted by molar-refractivity contribution is -0.118. The highest BCUT2D eigenvalue weighted by molar-refractivity contribution is 5.92. The van der Waals surface area contributed by atoms with E-state index in [9.17, 15) is 4.79 Å². The molecule has 0 N–H and O–H groups in total. The van der Waals surface area contributed by atoms with Crippen molar-refractivity contribution in [2.75, 3.05) is 13.6 Å². The van der Waals surface area contributed by atoms with Crippen LogP contribution in [0.5, 0.6) is 0 Å². The Bertz CT molecular complexity index is 221. The predicted octanol–water partition coefficient (Wildman–Crippen LogP) is 0.944. The SMILES string of the molecule is CC(=O)[C@H]1CN(C)C(C(C)C)=N1. The minimum Gasteiger partial charge on any atom is -0.361 e. The third-order valence-electron chi connectivity index (χ3n) is 2.11. The molecular weight excluding hydrogens is 152 g/mol. The average molecular weight is 168 g/mol. The topological polar surface area (TPSA) is 32.7 Å². The molecule has 1 heterocycles. The van der Waals surface area contributed by atoms with Crippen LogP contribution in [0.4, 0.5) is 0 Å². The van der Waals surface area contributed by atoms with Gasteiger partial charge in [0.1, 0.15) is 11.9 Å². The molecule has 0 bridgehead atoms. The van der Waals surface area contributed by atoms with Gasteiger partial charge in [-0.25, -0.2) is 0 Å². The molecule has 0 aliphatic carbocycles. The first kappa shape index (κ1) is 9.23. The Hall–Kier alpha value is -0.860. The fraction of sp³-hybridized carbons (Fsp3) is 0.778. The second-order valence-electron chi connectivity index (χ2n) is 3.65. The van der Waals surface area contributed by atoms with Gasteiger partial charge in [0, 0.05) is 19.5 Å². The molecule has 3 heteroatoms. The van der Waals surface area contributed by atoms with Crippen LogP contribution in [0.1, 0.15) is 20.8 Å². The van der Waals surface area contributed by atoms with E-state index in [2.05, 4.69) is 23.7 Å². The molecule has 1 aliphatic rings. The first-order valence-electron chi connectivity index (χ1n) is 4.31. The van der Waals surface area contributed by atoms with Gasteiger partial charge in [0.05, 0.1) is 0 Å². The van der Waals surface area contributed by atoms with E-state index in [4.69, 9.17) is 0 Å². The standard InChI is InChI=1S/C9H16N2O/c1-6(2)9-10-8(7(3)12)5-11(9)4/h6,8H,5H2,1-4H3/t8-/m1/s1. The van der Waals surface area contributed by atoms with E-state index in [-0.39, 0.29) is 11.8 Å². The Labute approximate surface area is 73.5 Å². The highest BCUT2D eigenvalue weighted by Crippen LogP contribution is 2.13. The number of rotatable bonds is 2. The van der Waals surface area contributed by atoms with Gasteiger partial charge in [-0.2, -0.15) is 0 Å². The van der Waals surface area contributed by atoms with E-state index in [1.165, 1.54) is 0 Å². The summed E-state index contributed by atoms with van der Waals surface area (Å²) >= 11 is 0. The Balaban J connectivity index is 2.74. The molecule has 0 aromatic heterocycles. The van der Waals surface area contributed by atoms with Crippen molar-refractivity contribution in [1.82, 2.24) is 4.90 Å². The van der Waals surface area contributed by atoms with Gasteiger partial charge in [0.2, 0.25) is 0 Å². The zero-order valence-corrected chi connectivity index (χ0v) is 8.16. The number of hydrogen-bond donors (Lipinski definition) is 0. The van der Waals surface area contributed by atoms with Gasteiger partial charge in [0.15, 0.2) is 5.78 Å². The number of Topliss-reactive ketones (excluding diaryl/α,β-unsaturated/α-hetero) is 1. The fourth-order valence-corrected chi connectivity index (χ4v) is 1.46. The fourth-order valence-electron chi connectivity index (χ4n) is 1.46. The molecule has 0 spiro atoms. The molecule has 1 aliphatic heterocycles. The van der Waals surface area contributed by atoms with E-state index >= 15 is 0 Å². The van der Waals surface area contributed by atoms with E-state index in [1.807, 2.05) is 7.05 Å². The highest BCUT2D eigenvalue weighted by atomic mass is 16.1. The van der Waals surface area contributed by atoms with Gasteiger partial charge >= 0.3 is 0 Å². The van der Waals surface area contributed by atoms with Crippen LogP contribution >= 0.6 is 0 Å². The maximum atomic E-state index is 11.0. The molecule has 0 aromatic carbocycles. The molecule has 0 saturated carbocycles. The third-order valence-corrected chi connectivity index (χ3v) is 2.11. The van der Waals surface area contributed by atoms with Gasteiger partial charge in [-0.3, -0.25) is 9.79 Å². The van der Waals surface area contributed by atoms with Gasteiger partial charge in [-0.15, -0.1) is 0 Å². The molecule has 0 amide bonds. The van der Waals surface area contributed by atoms with E-state index in [0.717, 1.165) is 12.4 Å². The molecule has 0 saturated heterocycles. The zero-order chi connectivity index (χ0) is 9.30. The largest absolute Gasteiger partial charge is 0.361 e. The van der Waals surface area contributed by atoms with Crippen LogP contribution in [-0.2, 0) is 4.79 Å². The van der Waals surface area contributed by atoms with Crippen LogP contribution in [0.15, 0.2) is 4.99 Å².